The largest absolute Gasteiger partial charge is 0.491 e. The van der Waals surface area contributed by atoms with Crippen molar-refractivity contribution in [2.24, 2.45) is 0 Å². The molecule has 1 aromatic carbocycles. The Labute approximate surface area is 150 Å². The summed E-state index contributed by atoms with van der Waals surface area (Å²) in [6.45, 7) is 4.82. The van der Waals surface area contributed by atoms with Gasteiger partial charge in [0.25, 0.3) is 5.91 Å². The first-order valence-electron chi connectivity index (χ1n) is 8.01. The molecule has 2 heterocycles. The topological polar surface area (TPSA) is 55.6 Å². The summed E-state index contributed by atoms with van der Waals surface area (Å²) in [5.74, 6) is 1.41. The van der Waals surface area contributed by atoms with Gasteiger partial charge in [0.2, 0.25) is 0 Å². The number of amides is 1. The Balaban J connectivity index is 1.62. The summed E-state index contributed by atoms with van der Waals surface area (Å²) in [4.78, 5) is 19.6. The van der Waals surface area contributed by atoms with Gasteiger partial charge in [-0.05, 0) is 37.6 Å². The number of para-hydroxylation sites is 1. The van der Waals surface area contributed by atoms with Crippen molar-refractivity contribution in [3.05, 3.63) is 58.8 Å². The van der Waals surface area contributed by atoms with Crippen molar-refractivity contribution < 1.29 is 13.9 Å². The lowest BCUT2D eigenvalue weighted by Crippen LogP contribution is -2.31. The number of carbonyl (C=O) groups is 1. The van der Waals surface area contributed by atoms with E-state index >= 15 is 0 Å². The maximum atomic E-state index is 12.6. The fourth-order valence-electron chi connectivity index (χ4n) is 2.39. The highest BCUT2D eigenvalue weighted by atomic mass is 32.1. The first-order chi connectivity index (χ1) is 12.1. The minimum Gasteiger partial charge on any atom is -0.491 e. The average Bonchev–Trinajstić information content (AvgIpc) is 3.25. The van der Waals surface area contributed by atoms with E-state index in [1.165, 1.54) is 11.3 Å². The number of likely N-dealkylation sites (N-methyl/N-ethyl adjacent to an activating group) is 1. The maximum Gasteiger partial charge on any atom is 0.273 e. The summed E-state index contributed by atoms with van der Waals surface area (Å²) < 4.78 is 11.1. The predicted molar refractivity (Wildman–Crippen MR) is 98.2 cm³/mol. The monoisotopic (exact) mass is 356 g/mol. The third-order valence-corrected chi connectivity index (χ3v) is 4.84. The average molecular weight is 356 g/mol. The number of aromatic nitrogens is 1. The molecule has 0 bridgehead atoms. The first kappa shape index (κ1) is 17.2. The zero-order valence-electron chi connectivity index (χ0n) is 14.5. The molecule has 6 heteroatoms. The number of hydrogen-bond donors (Lipinski definition) is 0. The van der Waals surface area contributed by atoms with E-state index in [9.17, 15) is 4.79 Å². The molecule has 0 aliphatic heterocycles. The lowest BCUT2D eigenvalue weighted by Gasteiger charge is -2.17. The van der Waals surface area contributed by atoms with Gasteiger partial charge in [-0.25, -0.2) is 4.98 Å². The Hall–Kier alpha value is -2.60. The Morgan fingerprint density at radius 3 is 2.76 bits per heavy atom. The standard InChI is InChI=1S/C19H20N2O3S/c1-13-7-4-5-8-15(13)24-12-10-21(3)19(22)17-14(2)25-18(20-17)16-9-6-11-23-16/h4-9,11H,10,12H2,1-3H3. The van der Waals surface area contributed by atoms with Crippen LogP contribution in [0.4, 0.5) is 0 Å². The molecule has 3 aromatic rings. The number of thiazole rings is 1. The van der Waals surface area contributed by atoms with Gasteiger partial charge in [-0.1, -0.05) is 18.2 Å². The quantitative estimate of drug-likeness (QED) is 0.665. The number of benzene rings is 1. The van der Waals surface area contributed by atoms with Gasteiger partial charge in [-0.2, -0.15) is 0 Å². The van der Waals surface area contributed by atoms with Crippen molar-refractivity contribution in [2.45, 2.75) is 13.8 Å². The second-order valence-electron chi connectivity index (χ2n) is 5.74. The van der Waals surface area contributed by atoms with Gasteiger partial charge in [0.1, 0.15) is 18.1 Å². The molecule has 0 saturated carbocycles. The van der Waals surface area contributed by atoms with Crippen LogP contribution < -0.4 is 4.74 Å². The number of ether oxygens (including phenoxy) is 1. The molecule has 0 aliphatic rings. The molecule has 0 radical (unpaired) electrons. The summed E-state index contributed by atoms with van der Waals surface area (Å²) in [6.07, 6.45) is 1.60. The molecule has 3 rings (SSSR count). The molecule has 2 aromatic heterocycles. The molecule has 0 atom stereocenters. The van der Waals surface area contributed by atoms with Crippen LogP contribution >= 0.6 is 11.3 Å². The zero-order chi connectivity index (χ0) is 17.8. The van der Waals surface area contributed by atoms with E-state index in [1.54, 1.807) is 18.2 Å². The van der Waals surface area contributed by atoms with E-state index in [4.69, 9.17) is 9.15 Å². The first-order valence-corrected chi connectivity index (χ1v) is 8.83. The van der Waals surface area contributed by atoms with Crippen LogP contribution in [-0.4, -0.2) is 36.0 Å². The Morgan fingerprint density at radius 1 is 1.24 bits per heavy atom. The highest BCUT2D eigenvalue weighted by Crippen LogP contribution is 2.28. The molecule has 0 N–H and O–H groups in total. The van der Waals surface area contributed by atoms with E-state index in [1.807, 2.05) is 50.2 Å². The molecular weight excluding hydrogens is 336 g/mol. The van der Waals surface area contributed by atoms with Crippen molar-refractivity contribution in [3.63, 3.8) is 0 Å². The molecule has 0 saturated heterocycles. The molecule has 5 nitrogen and oxygen atoms in total. The van der Waals surface area contributed by atoms with Gasteiger partial charge in [-0.15, -0.1) is 11.3 Å². The fourth-order valence-corrected chi connectivity index (χ4v) is 3.27. The molecular formula is C19H20N2O3S. The summed E-state index contributed by atoms with van der Waals surface area (Å²) in [5, 5.41) is 0.718. The number of nitrogens with zero attached hydrogens (tertiary/aromatic N) is 2. The summed E-state index contributed by atoms with van der Waals surface area (Å²) in [6, 6.07) is 11.5. The van der Waals surface area contributed by atoms with Crippen molar-refractivity contribution in [1.29, 1.82) is 0 Å². The molecule has 0 fully saturated rings. The lowest BCUT2D eigenvalue weighted by atomic mass is 10.2. The van der Waals surface area contributed by atoms with Crippen molar-refractivity contribution in [2.75, 3.05) is 20.2 Å². The third-order valence-electron chi connectivity index (χ3n) is 3.86. The van der Waals surface area contributed by atoms with Crippen LogP contribution in [0.15, 0.2) is 47.1 Å². The molecule has 0 unspecified atom stereocenters. The molecule has 25 heavy (non-hydrogen) atoms. The minimum atomic E-state index is -0.111. The van der Waals surface area contributed by atoms with Crippen LogP contribution in [0, 0.1) is 13.8 Å². The number of hydrogen-bond acceptors (Lipinski definition) is 5. The van der Waals surface area contributed by atoms with Crippen molar-refractivity contribution >= 4 is 17.2 Å². The van der Waals surface area contributed by atoms with Crippen LogP contribution in [0.2, 0.25) is 0 Å². The van der Waals surface area contributed by atoms with Gasteiger partial charge >= 0.3 is 0 Å². The van der Waals surface area contributed by atoms with Crippen LogP contribution in [-0.2, 0) is 0 Å². The van der Waals surface area contributed by atoms with Gasteiger partial charge in [0.05, 0.1) is 12.8 Å². The third kappa shape index (κ3) is 3.91. The van der Waals surface area contributed by atoms with Gasteiger partial charge in [0, 0.05) is 11.9 Å². The molecule has 1 amide bonds. The number of aryl methyl sites for hydroxylation is 2. The highest BCUT2D eigenvalue weighted by molar-refractivity contribution is 7.15. The van der Waals surface area contributed by atoms with E-state index < -0.39 is 0 Å². The second kappa shape index (κ2) is 7.53. The molecule has 0 aliphatic carbocycles. The van der Waals surface area contributed by atoms with Gasteiger partial charge < -0.3 is 14.1 Å². The smallest absolute Gasteiger partial charge is 0.273 e. The van der Waals surface area contributed by atoms with Crippen LogP contribution in [0.25, 0.3) is 10.8 Å². The second-order valence-corrected chi connectivity index (χ2v) is 6.94. The minimum absolute atomic E-state index is 0.111. The molecule has 130 valence electrons. The van der Waals surface area contributed by atoms with Gasteiger partial charge in [-0.3, -0.25) is 4.79 Å². The van der Waals surface area contributed by atoms with Gasteiger partial charge in [0.15, 0.2) is 10.8 Å². The van der Waals surface area contributed by atoms with Crippen LogP contribution in [0.5, 0.6) is 5.75 Å². The fraction of sp³-hybridized carbons (Fsp3) is 0.263. The van der Waals surface area contributed by atoms with E-state index in [2.05, 4.69) is 4.98 Å². The Kier molecular flexibility index (Phi) is 5.19. The summed E-state index contributed by atoms with van der Waals surface area (Å²) in [7, 11) is 1.76. The summed E-state index contributed by atoms with van der Waals surface area (Å²) in [5.41, 5.74) is 1.55. The van der Waals surface area contributed by atoms with E-state index in [0.717, 1.165) is 21.2 Å². The maximum absolute atomic E-state index is 12.6. The van der Waals surface area contributed by atoms with E-state index in [0.29, 0.717) is 24.6 Å². The predicted octanol–water partition coefficient (Wildman–Crippen LogP) is 4.17. The Bertz CT molecular complexity index is 855. The van der Waals surface area contributed by atoms with Crippen molar-refractivity contribution in [1.82, 2.24) is 9.88 Å². The van der Waals surface area contributed by atoms with Crippen molar-refractivity contribution in [3.8, 4) is 16.5 Å². The Morgan fingerprint density at radius 2 is 2.04 bits per heavy atom. The number of carbonyl (C=O) groups excluding carboxylic acids is 1. The SMILES string of the molecule is Cc1ccccc1OCCN(C)C(=O)c1nc(-c2ccco2)sc1C. The number of furan rings is 1. The van der Waals surface area contributed by atoms with E-state index in [-0.39, 0.29) is 5.91 Å². The zero-order valence-corrected chi connectivity index (χ0v) is 15.3. The normalized spacial score (nSPS) is 10.7. The highest BCUT2D eigenvalue weighted by Gasteiger charge is 2.20. The molecule has 0 spiro atoms. The summed E-state index contributed by atoms with van der Waals surface area (Å²) >= 11 is 1.46. The van der Waals surface area contributed by atoms with Crippen LogP contribution in [0.1, 0.15) is 20.9 Å². The van der Waals surface area contributed by atoms with Crippen LogP contribution in [0.3, 0.4) is 0 Å². The number of rotatable bonds is 6. The lowest BCUT2D eigenvalue weighted by molar-refractivity contribution is 0.0768.